The maximum Gasteiger partial charge on any atom is 0.138 e. The SMILES string of the molecule is C[C@H](N)[C@]1(c2ccc(F)cc2)CC[C@H](Oc2cc3c(cc2Cl)CNC=C3)CC1. The van der Waals surface area contributed by atoms with Gasteiger partial charge in [0.05, 0.1) is 11.1 Å². The van der Waals surface area contributed by atoms with Gasteiger partial charge >= 0.3 is 0 Å². The molecule has 1 aliphatic heterocycles. The number of hydrogen-bond donors (Lipinski definition) is 2. The molecule has 1 aliphatic carbocycles. The van der Waals surface area contributed by atoms with E-state index in [1.165, 1.54) is 17.7 Å². The van der Waals surface area contributed by atoms with Crippen molar-refractivity contribution in [3.63, 3.8) is 0 Å². The van der Waals surface area contributed by atoms with Gasteiger partial charge in [-0.25, -0.2) is 4.39 Å². The molecule has 3 N–H and O–H groups in total. The minimum absolute atomic E-state index is 0.0103. The summed E-state index contributed by atoms with van der Waals surface area (Å²) in [7, 11) is 0. The van der Waals surface area contributed by atoms with Crippen LogP contribution in [0.2, 0.25) is 5.02 Å². The van der Waals surface area contributed by atoms with Crippen molar-refractivity contribution in [2.45, 2.75) is 56.7 Å². The van der Waals surface area contributed by atoms with E-state index in [9.17, 15) is 4.39 Å². The molecule has 28 heavy (non-hydrogen) atoms. The van der Waals surface area contributed by atoms with Gasteiger partial charge in [0.1, 0.15) is 11.6 Å². The summed E-state index contributed by atoms with van der Waals surface area (Å²) in [5.41, 5.74) is 9.70. The van der Waals surface area contributed by atoms with Crippen molar-refractivity contribution in [3.05, 3.63) is 70.1 Å². The lowest BCUT2D eigenvalue weighted by molar-refractivity contribution is 0.107. The lowest BCUT2D eigenvalue weighted by atomic mass is 9.65. The molecular weight excluding hydrogens is 375 g/mol. The van der Waals surface area contributed by atoms with Crippen LogP contribution in [-0.2, 0) is 12.0 Å². The van der Waals surface area contributed by atoms with E-state index < -0.39 is 0 Å². The van der Waals surface area contributed by atoms with Gasteiger partial charge in [0.2, 0.25) is 0 Å². The minimum Gasteiger partial charge on any atom is -0.489 e. The Kier molecular flexibility index (Phi) is 5.35. The second-order valence-electron chi connectivity index (χ2n) is 7.96. The summed E-state index contributed by atoms with van der Waals surface area (Å²) in [5, 5.41) is 3.84. The maximum absolute atomic E-state index is 13.4. The molecule has 3 nitrogen and oxygen atoms in total. The fourth-order valence-corrected chi connectivity index (χ4v) is 4.75. The monoisotopic (exact) mass is 400 g/mol. The van der Waals surface area contributed by atoms with Crippen molar-refractivity contribution in [3.8, 4) is 5.75 Å². The molecule has 2 aliphatic rings. The van der Waals surface area contributed by atoms with Crippen LogP contribution >= 0.6 is 11.6 Å². The third-order valence-electron chi connectivity index (χ3n) is 6.28. The first kappa shape index (κ1) is 19.3. The molecule has 1 atom stereocenters. The third kappa shape index (κ3) is 3.63. The lowest BCUT2D eigenvalue weighted by Gasteiger charge is -2.43. The largest absolute Gasteiger partial charge is 0.489 e. The van der Waals surface area contributed by atoms with Crippen molar-refractivity contribution in [2.24, 2.45) is 5.73 Å². The Morgan fingerprint density at radius 3 is 2.61 bits per heavy atom. The van der Waals surface area contributed by atoms with Crippen LogP contribution in [0.5, 0.6) is 5.75 Å². The van der Waals surface area contributed by atoms with Gasteiger partial charge in [-0.2, -0.15) is 0 Å². The minimum atomic E-state index is -0.216. The zero-order valence-corrected chi connectivity index (χ0v) is 16.8. The van der Waals surface area contributed by atoms with Gasteiger partial charge in [-0.3, -0.25) is 0 Å². The average Bonchev–Trinajstić information content (AvgIpc) is 2.70. The molecule has 2 aromatic rings. The van der Waals surface area contributed by atoms with E-state index >= 15 is 0 Å². The number of nitrogens with one attached hydrogen (secondary N) is 1. The normalized spacial score (nSPS) is 24.9. The maximum atomic E-state index is 13.4. The summed E-state index contributed by atoms with van der Waals surface area (Å²) in [6, 6.07) is 10.8. The molecule has 1 saturated carbocycles. The van der Waals surface area contributed by atoms with E-state index in [4.69, 9.17) is 22.1 Å². The molecule has 0 amide bonds. The van der Waals surface area contributed by atoms with Gasteiger partial charge in [0.15, 0.2) is 0 Å². The molecule has 2 aromatic carbocycles. The number of benzene rings is 2. The first-order chi connectivity index (χ1) is 13.5. The highest BCUT2D eigenvalue weighted by Gasteiger charge is 2.40. The molecule has 4 rings (SSSR count). The van der Waals surface area contributed by atoms with Crippen molar-refractivity contribution < 1.29 is 9.13 Å². The summed E-state index contributed by atoms with van der Waals surface area (Å²) in [5.74, 6) is 0.527. The standard InChI is InChI=1S/C23H26ClFN2O/c1-15(26)23(18-2-4-19(25)5-3-18)9-6-20(7-10-23)28-22-13-16-8-11-27-14-17(16)12-21(22)24/h2-5,8,11-13,15,20,27H,6-7,9-10,14,26H2,1H3/t15-,20-,23-/m0/s1. The van der Waals surface area contributed by atoms with E-state index in [2.05, 4.69) is 5.32 Å². The molecular formula is C23H26ClFN2O. The predicted molar refractivity (Wildman–Crippen MR) is 112 cm³/mol. The topological polar surface area (TPSA) is 47.3 Å². The van der Waals surface area contributed by atoms with E-state index in [-0.39, 0.29) is 23.4 Å². The van der Waals surface area contributed by atoms with Crippen molar-refractivity contribution >= 4 is 17.7 Å². The van der Waals surface area contributed by atoms with Crippen LogP contribution in [0.1, 0.15) is 49.3 Å². The Morgan fingerprint density at radius 1 is 1.21 bits per heavy atom. The van der Waals surface area contributed by atoms with Crippen LogP contribution in [0, 0.1) is 5.82 Å². The van der Waals surface area contributed by atoms with E-state index in [0.29, 0.717) is 5.02 Å². The number of hydrogen-bond acceptors (Lipinski definition) is 3. The summed E-state index contributed by atoms with van der Waals surface area (Å²) in [4.78, 5) is 0. The third-order valence-corrected chi connectivity index (χ3v) is 6.57. The number of fused-ring (bicyclic) bond motifs is 1. The van der Waals surface area contributed by atoms with Crippen LogP contribution in [0.4, 0.5) is 4.39 Å². The van der Waals surface area contributed by atoms with Gasteiger partial charge < -0.3 is 15.8 Å². The van der Waals surface area contributed by atoms with Crippen LogP contribution in [0.3, 0.4) is 0 Å². The first-order valence-corrected chi connectivity index (χ1v) is 10.3. The van der Waals surface area contributed by atoms with Gasteiger partial charge in [-0.1, -0.05) is 23.7 Å². The molecule has 0 bridgehead atoms. The molecule has 0 spiro atoms. The zero-order valence-electron chi connectivity index (χ0n) is 16.1. The van der Waals surface area contributed by atoms with Crippen molar-refractivity contribution in [1.82, 2.24) is 5.32 Å². The Balaban J connectivity index is 1.49. The highest BCUT2D eigenvalue weighted by atomic mass is 35.5. The van der Waals surface area contributed by atoms with E-state index in [1.807, 2.05) is 43.5 Å². The fraction of sp³-hybridized carbons (Fsp3) is 0.391. The molecule has 0 aromatic heterocycles. The predicted octanol–water partition coefficient (Wildman–Crippen LogP) is 5.16. The Bertz CT molecular complexity index is 871. The Hall–Kier alpha value is -2.04. The van der Waals surface area contributed by atoms with E-state index in [1.54, 1.807) is 0 Å². The Labute approximate surface area is 170 Å². The lowest BCUT2D eigenvalue weighted by Crippen LogP contribution is -2.47. The molecule has 0 saturated heterocycles. The number of halogens is 2. The molecule has 1 heterocycles. The first-order valence-electron chi connectivity index (χ1n) is 9.88. The highest BCUT2D eigenvalue weighted by Crippen LogP contribution is 2.43. The van der Waals surface area contributed by atoms with Crippen molar-refractivity contribution in [2.75, 3.05) is 0 Å². The summed E-state index contributed by atoms with van der Waals surface area (Å²) in [6.07, 6.45) is 7.70. The smallest absolute Gasteiger partial charge is 0.138 e. The summed E-state index contributed by atoms with van der Waals surface area (Å²) in [6.45, 7) is 2.83. The van der Waals surface area contributed by atoms with Gasteiger partial charge in [-0.15, -0.1) is 0 Å². The number of rotatable bonds is 4. The van der Waals surface area contributed by atoms with Crippen LogP contribution < -0.4 is 15.8 Å². The second kappa shape index (κ2) is 7.76. The van der Waals surface area contributed by atoms with Crippen LogP contribution in [-0.4, -0.2) is 12.1 Å². The molecule has 0 unspecified atom stereocenters. The summed E-state index contributed by atoms with van der Waals surface area (Å²) >= 11 is 6.47. The molecule has 0 radical (unpaired) electrons. The molecule has 5 heteroatoms. The number of ether oxygens (including phenoxy) is 1. The molecule has 148 valence electrons. The second-order valence-corrected chi connectivity index (χ2v) is 8.37. The number of nitrogens with two attached hydrogens (primary N) is 1. The van der Waals surface area contributed by atoms with Crippen molar-refractivity contribution in [1.29, 1.82) is 0 Å². The van der Waals surface area contributed by atoms with Gasteiger partial charge in [-0.05, 0) is 85.8 Å². The van der Waals surface area contributed by atoms with Gasteiger partial charge in [0.25, 0.3) is 0 Å². The molecule has 1 fully saturated rings. The quantitative estimate of drug-likeness (QED) is 0.745. The van der Waals surface area contributed by atoms with Crippen LogP contribution in [0.25, 0.3) is 6.08 Å². The fourth-order valence-electron chi connectivity index (χ4n) is 4.52. The van der Waals surface area contributed by atoms with Gasteiger partial charge in [0, 0.05) is 18.0 Å². The highest BCUT2D eigenvalue weighted by molar-refractivity contribution is 6.32. The average molecular weight is 401 g/mol. The Morgan fingerprint density at radius 2 is 1.93 bits per heavy atom. The van der Waals surface area contributed by atoms with Crippen LogP contribution in [0.15, 0.2) is 42.6 Å². The van der Waals surface area contributed by atoms with E-state index in [0.717, 1.165) is 49.1 Å². The zero-order chi connectivity index (χ0) is 19.7. The summed E-state index contributed by atoms with van der Waals surface area (Å²) < 4.78 is 19.7.